The van der Waals surface area contributed by atoms with Gasteiger partial charge in [0, 0.05) is 29.4 Å². The average Bonchev–Trinajstić information content (AvgIpc) is 3.39. The molecule has 2 aromatic rings. The molecule has 1 N–H and O–H groups in total. The molecule has 0 unspecified atom stereocenters. The number of carbonyl (C=O) groups is 1. The summed E-state index contributed by atoms with van der Waals surface area (Å²) in [6, 6.07) is 11.0. The molecule has 120 valence electrons. The van der Waals surface area contributed by atoms with E-state index >= 15 is 0 Å². The Labute approximate surface area is 140 Å². The highest BCUT2D eigenvalue weighted by Gasteiger charge is 2.22. The summed E-state index contributed by atoms with van der Waals surface area (Å²) in [5.41, 5.74) is 1.71. The number of nitrogens with one attached hydrogen (secondary N) is 1. The fourth-order valence-corrected chi connectivity index (χ4v) is 2.32. The summed E-state index contributed by atoms with van der Waals surface area (Å²) in [6.45, 7) is 1.26. The summed E-state index contributed by atoms with van der Waals surface area (Å²) in [7, 11) is 0. The van der Waals surface area contributed by atoms with Gasteiger partial charge in [-0.15, -0.1) is 0 Å². The van der Waals surface area contributed by atoms with E-state index in [4.69, 9.17) is 16.3 Å². The number of carbonyl (C=O) groups excluding carboxylic acids is 1. The lowest BCUT2D eigenvalue weighted by Crippen LogP contribution is -2.25. The van der Waals surface area contributed by atoms with E-state index in [-0.39, 0.29) is 5.91 Å². The smallest absolute Gasteiger partial charge is 0.251 e. The van der Waals surface area contributed by atoms with E-state index in [1.54, 1.807) is 18.3 Å². The van der Waals surface area contributed by atoms with Gasteiger partial charge in [-0.25, -0.2) is 4.98 Å². The fourth-order valence-electron chi connectivity index (χ4n) is 2.19. The maximum atomic E-state index is 12.2. The normalized spacial score (nSPS) is 13.6. The van der Waals surface area contributed by atoms with Crippen molar-refractivity contribution in [3.63, 3.8) is 0 Å². The van der Waals surface area contributed by atoms with Crippen LogP contribution < -0.4 is 10.1 Å². The Kier molecular flexibility index (Phi) is 5.13. The predicted molar refractivity (Wildman–Crippen MR) is 89.9 cm³/mol. The number of nitrogens with zero attached hydrogens (tertiary/aromatic N) is 1. The van der Waals surface area contributed by atoms with Crippen LogP contribution in [0.2, 0.25) is 5.02 Å². The summed E-state index contributed by atoms with van der Waals surface area (Å²) < 4.78 is 5.60. The molecule has 1 saturated carbocycles. The van der Waals surface area contributed by atoms with Gasteiger partial charge in [-0.05, 0) is 48.9 Å². The van der Waals surface area contributed by atoms with Crippen molar-refractivity contribution in [1.82, 2.24) is 10.3 Å². The van der Waals surface area contributed by atoms with Crippen molar-refractivity contribution in [1.29, 1.82) is 0 Å². The van der Waals surface area contributed by atoms with Crippen LogP contribution in [0, 0.1) is 5.92 Å². The van der Waals surface area contributed by atoms with Crippen LogP contribution in [-0.4, -0.2) is 24.0 Å². The minimum atomic E-state index is -0.113. The topological polar surface area (TPSA) is 51.2 Å². The second-order valence-corrected chi connectivity index (χ2v) is 6.21. The highest BCUT2D eigenvalue weighted by atomic mass is 35.5. The van der Waals surface area contributed by atoms with Crippen molar-refractivity contribution in [2.75, 3.05) is 13.2 Å². The third kappa shape index (κ3) is 4.96. The van der Waals surface area contributed by atoms with Gasteiger partial charge in [-0.2, -0.15) is 0 Å². The molecule has 3 rings (SSSR count). The van der Waals surface area contributed by atoms with E-state index in [0.29, 0.717) is 35.5 Å². The third-order valence-corrected chi connectivity index (χ3v) is 4.03. The van der Waals surface area contributed by atoms with Crippen LogP contribution in [0.3, 0.4) is 0 Å². The van der Waals surface area contributed by atoms with Gasteiger partial charge in [-0.1, -0.05) is 23.7 Å². The van der Waals surface area contributed by atoms with Crippen LogP contribution in [0.4, 0.5) is 0 Å². The Bertz CT molecular complexity index is 669. The maximum Gasteiger partial charge on any atom is 0.251 e. The van der Waals surface area contributed by atoms with Crippen molar-refractivity contribution in [2.45, 2.75) is 19.3 Å². The number of rotatable bonds is 7. The van der Waals surface area contributed by atoms with E-state index in [0.717, 1.165) is 12.0 Å². The Morgan fingerprint density at radius 2 is 2.04 bits per heavy atom. The lowest BCUT2D eigenvalue weighted by molar-refractivity contribution is 0.0953. The van der Waals surface area contributed by atoms with Gasteiger partial charge in [0.15, 0.2) is 0 Å². The van der Waals surface area contributed by atoms with E-state index in [1.165, 1.54) is 12.8 Å². The lowest BCUT2D eigenvalue weighted by atomic mass is 10.1. The fraction of sp³-hybridized carbons (Fsp3) is 0.333. The van der Waals surface area contributed by atoms with Crippen LogP contribution in [0.25, 0.3) is 0 Å². The Balaban J connectivity index is 1.48. The van der Waals surface area contributed by atoms with E-state index in [2.05, 4.69) is 10.3 Å². The van der Waals surface area contributed by atoms with Gasteiger partial charge in [-0.3, -0.25) is 4.79 Å². The molecule has 0 aliphatic heterocycles. The number of pyridine rings is 1. The van der Waals surface area contributed by atoms with Gasteiger partial charge in [0.2, 0.25) is 5.88 Å². The van der Waals surface area contributed by atoms with Crippen molar-refractivity contribution in [3.05, 3.63) is 58.7 Å². The molecule has 1 aliphatic rings. The first-order valence-corrected chi connectivity index (χ1v) is 8.20. The second kappa shape index (κ2) is 7.47. The number of benzene rings is 1. The van der Waals surface area contributed by atoms with Gasteiger partial charge in [0.1, 0.15) is 0 Å². The summed E-state index contributed by atoms with van der Waals surface area (Å²) in [5.74, 6) is 1.06. The first kappa shape index (κ1) is 15.8. The molecular weight excluding hydrogens is 312 g/mol. The molecule has 0 saturated heterocycles. The number of hydrogen-bond donors (Lipinski definition) is 1. The van der Waals surface area contributed by atoms with Crippen molar-refractivity contribution < 1.29 is 9.53 Å². The number of amides is 1. The SMILES string of the molecule is O=C(NCCc1ccc(Cl)cc1)c1ccnc(OCC2CC2)c1. The molecule has 23 heavy (non-hydrogen) atoms. The highest BCUT2D eigenvalue weighted by molar-refractivity contribution is 6.30. The molecule has 5 heteroatoms. The van der Waals surface area contributed by atoms with Crippen LogP contribution in [0.5, 0.6) is 5.88 Å². The first-order chi connectivity index (χ1) is 11.2. The quantitative estimate of drug-likeness (QED) is 0.845. The standard InChI is InChI=1S/C18H19ClN2O2/c19-16-5-3-13(4-6-16)7-9-21-18(22)15-8-10-20-17(11-15)23-12-14-1-2-14/h3-6,8,10-11,14H,1-2,7,9,12H2,(H,21,22). The van der Waals surface area contributed by atoms with Crippen molar-refractivity contribution in [2.24, 2.45) is 5.92 Å². The zero-order valence-electron chi connectivity index (χ0n) is 12.8. The first-order valence-electron chi connectivity index (χ1n) is 7.82. The molecule has 0 spiro atoms. The van der Waals surface area contributed by atoms with Crippen LogP contribution in [-0.2, 0) is 6.42 Å². The lowest BCUT2D eigenvalue weighted by Gasteiger charge is -2.08. The van der Waals surface area contributed by atoms with Crippen molar-refractivity contribution in [3.8, 4) is 5.88 Å². The van der Waals surface area contributed by atoms with E-state index in [9.17, 15) is 4.79 Å². The average molecular weight is 331 g/mol. The van der Waals surface area contributed by atoms with Gasteiger partial charge in [0.05, 0.1) is 6.61 Å². The predicted octanol–water partition coefficient (Wildman–Crippen LogP) is 3.50. The van der Waals surface area contributed by atoms with E-state index < -0.39 is 0 Å². The summed E-state index contributed by atoms with van der Waals surface area (Å²) >= 11 is 5.85. The Hall–Kier alpha value is -2.07. The molecule has 4 nitrogen and oxygen atoms in total. The summed E-state index contributed by atoms with van der Waals surface area (Å²) in [5, 5.41) is 3.63. The van der Waals surface area contributed by atoms with Crippen LogP contribution in [0.1, 0.15) is 28.8 Å². The third-order valence-electron chi connectivity index (χ3n) is 3.77. The number of ether oxygens (including phenoxy) is 1. The minimum absolute atomic E-state index is 0.113. The van der Waals surface area contributed by atoms with Crippen LogP contribution >= 0.6 is 11.6 Å². The zero-order valence-corrected chi connectivity index (χ0v) is 13.6. The molecule has 1 fully saturated rings. The molecule has 0 radical (unpaired) electrons. The minimum Gasteiger partial charge on any atom is -0.477 e. The maximum absolute atomic E-state index is 12.2. The summed E-state index contributed by atoms with van der Waals surface area (Å²) in [4.78, 5) is 16.3. The van der Waals surface area contributed by atoms with Gasteiger partial charge >= 0.3 is 0 Å². The molecule has 0 atom stereocenters. The number of hydrogen-bond acceptors (Lipinski definition) is 3. The molecule has 1 aliphatic carbocycles. The van der Waals surface area contributed by atoms with Crippen LogP contribution in [0.15, 0.2) is 42.6 Å². The Morgan fingerprint density at radius 1 is 1.26 bits per heavy atom. The summed E-state index contributed by atoms with van der Waals surface area (Å²) in [6.07, 6.45) is 4.82. The monoisotopic (exact) mass is 330 g/mol. The molecule has 0 bridgehead atoms. The van der Waals surface area contributed by atoms with Gasteiger partial charge in [0.25, 0.3) is 5.91 Å². The zero-order chi connectivity index (χ0) is 16.1. The molecule has 1 aromatic heterocycles. The van der Waals surface area contributed by atoms with Gasteiger partial charge < -0.3 is 10.1 Å². The largest absolute Gasteiger partial charge is 0.477 e. The molecular formula is C18H19ClN2O2. The number of aromatic nitrogens is 1. The number of halogens is 1. The Morgan fingerprint density at radius 3 is 2.78 bits per heavy atom. The molecule has 1 heterocycles. The molecule has 1 aromatic carbocycles. The highest BCUT2D eigenvalue weighted by Crippen LogP contribution is 2.29. The van der Waals surface area contributed by atoms with E-state index in [1.807, 2.05) is 24.3 Å². The second-order valence-electron chi connectivity index (χ2n) is 5.77. The van der Waals surface area contributed by atoms with Crippen molar-refractivity contribution >= 4 is 17.5 Å². The molecule has 1 amide bonds.